The first kappa shape index (κ1) is 17.7. The van der Waals surface area contributed by atoms with E-state index in [2.05, 4.69) is 16.0 Å². The van der Waals surface area contributed by atoms with Gasteiger partial charge in [0, 0.05) is 31.1 Å². The summed E-state index contributed by atoms with van der Waals surface area (Å²) in [4.78, 5) is 23.6. The average molecular weight is 333 g/mol. The molecule has 24 heavy (non-hydrogen) atoms. The summed E-state index contributed by atoms with van der Waals surface area (Å²) in [5.74, 6) is 0.917. The van der Waals surface area contributed by atoms with E-state index in [0.29, 0.717) is 31.7 Å². The maximum absolute atomic E-state index is 11.8. The number of furan rings is 2. The molecule has 7 heteroatoms. The molecule has 0 aliphatic carbocycles. The van der Waals surface area contributed by atoms with Gasteiger partial charge in [-0.05, 0) is 38.5 Å². The van der Waals surface area contributed by atoms with Crippen LogP contribution in [0.25, 0.3) is 0 Å². The molecule has 0 bridgehead atoms. The lowest BCUT2D eigenvalue weighted by Crippen LogP contribution is -2.42. The molecule has 3 N–H and O–H groups in total. The molecule has 0 saturated heterocycles. The second-order valence-electron chi connectivity index (χ2n) is 5.63. The van der Waals surface area contributed by atoms with Gasteiger partial charge in [-0.1, -0.05) is 0 Å². The number of carbonyl (C=O) groups is 2. The quantitative estimate of drug-likeness (QED) is 0.645. The summed E-state index contributed by atoms with van der Waals surface area (Å²) < 4.78 is 10.3. The van der Waals surface area contributed by atoms with Crippen LogP contribution in [0.4, 0.5) is 4.79 Å². The third-order valence-electron chi connectivity index (χ3n) is 3.46. The maximum Gasteiger partial charge on any atom is 0.315 e. The van der Waals surface area contributed by atoms with Gasteiger partial charge in [-0.3, -0.25) is 4.79 Å². The normalized spacial score (nSPS) is 11.8. The highest BCUT2D eigenvalue weighted by molar-refractivity contribution is 5.92. The average Bonchev–Trinajstić information content (AvgIpc) is 3.18. The summed E-state index contributed by atoms with van der Waals surface area (Å²) in [7, 11) is 0. The Kier molecular flexibility index (Phi) is 6.48. The van der Waals surface area contributed by atoms with Crippen LogP contribution in [-0.4, -0.2) is 31.1 Å². The van der Waals surface area contributed by atoms with Crippen LogP contribution in [0.3, 0.4) is 0 Å². The first-order chi connectivity index (χ1) is 11.6. The first-order valence-electron chi connectivity index (χ1n) is 7.95. The van der Waals surface area contributed by atoms with Gasteiger partial charge in [0.2, 0.25) is 0 Å². The van der Waals surface area contributed by atoms with Gasteiger partial charge in [0.25, 0.3) is 5.91 Å². The Balaban J connectivity index is 1.56. The fraction of sp³-hybridized carbons (Fsp3) is 0.412. The van der Waals surface area contributed by atoms with E-state index < -0.39 is 0 Å². The Morgan fingerprint density at radius 3 is 2.58 bits per heavy atom. The van der Waals surface area contributed by atoms with Crippen LogP contribution >= 0.6 is 0 Å². The van der Waals surface area contributed by atoms with Gasteiger partial charge in [-0.2, -0.15) is 0 Å². The van der Waals surface area contributed by atoms with Crippen LogP contribution in [-0.2, 0) is 6.42 Å². The van der Waals surface area contributed by atoms with E-state index in [0.717, 1.165) is 11.3 Å². The summed E-state index contributed by atoms with van der Waals surface area (Å²) in [5.41, 5.74) is 0.801. The van der Waals surface area contributed by atoms with E-state index in [1.54, 1.807) is 12.3 Å². The molecule has 0 fully saturated rings. The van der Waals surface area contributed by atoms with Crippen LogP contribution in [0.2, 0.25) is 0 Å². The Morgan fingerprint density at radius 2 is 1.92 bits per heavy atom. The molecule has 130 valence electrons. The number of amides is 3. The van der Waals surface area contributed by atoms with E-state index in [9.17, 15) is 9.59 Å². The zero-order valence-electron chi connectivity index (χ0n) is 13.9. The SMILES string of the molecule is Cc1ccoc1C(=O)NCCCNC(=O)NC(C)Cc1ccco1. The van der Waals surface area contributed by atoms with Crippen molar-refractivity contribution in [3.63, 3.8) is 0 Å². The third kappa shape index (κ3) is 5.49. The number of aryl methyl sites for hydroxylation is 1. The molecule has 0 aliphatic rings. The van der Waals surface area contributed by atoms with Gasteiger partial charge in [-0.25, -0.2) is 4.79 Å². The molecule has 0 aliphatic heterocycles. The van der Waals surface area contributed by atoms with Crippen molar-refractivity contribution in [1.82, 2.24) is 16.0 Å². The van der Waals surface area contributed by atoms with Crippen molar-refractivity contribution in [2.75, 3.05) is 13.1 Å². The fourth-order valence-electron chi connectivity index (χ4n) is 2.23. The molecule has 0 spiro atoms. The molecule has 2 rings (SSSR count). The highest BCUT2D eigenvalue weighted by Crippen LogP contribution is 2.07. The van der Waals surface area contributed by atoms with Crippen molar-refractivity contribution >= 4 is 11.9 Å². The van der Waals surface area contributed by atoms with Crippen LogP contribution in [0.1, 0.15) is 35.2 Å². The number of nitrogens with one attached hydrogen (secondary N) is 3. The first-order valence-corrected chi connectivity index (χ1v) is 7.95. The van der Waals surface area contributed by atoms with Crippen molar-refractivity contribution in [2.24, 2.45) is 0 Å². The van der Waals surface area contributed by atoms with Crippen molar-refractivity contribution in [2.45, 2.75) is 32.7 Å². The van der Waals surface area contributed by atoms with Crippen LogP contribution < -0.4 is 16.0 Å². The summed E-state index contributed by atoms with van der Waals surface area (Å²) in [5, 5.41) is 8.35. The Bertz CT molecular complexity index is 649. The van der Waals surface area contributed by atoms with Crippen molar-refractivity contribution in [3.05, 3.63) is 47.8 Å². The van der Waals surface area contributed by atoms with Crippen LogP contribution in [0.5, 0.6) is 0 Å². The standard InChI is InChI=1S/C17H23N3O4/c1-12-6-10-24-15(12)16(21)18-7-4-8-19-17(22)20-13(2)11-14-5-3-9-23-14/h3,5-6,9-10,13H,4,7-8,11H2,1-2H3,(H,18,21)(H2,19,20,22). The molecule has 1 unspecified atom stereocenters. The van der Waals surface area contributed by atoms with Gasteiger partial charge >= 0.3 is 6.03 Å². The number of hydrogen-bond acceptors (Lipinski definition) is 4. The highest BCUT2D eigenvalue weighted by Gasteiger charge is 2.12. The van der Waals surface area contributed by atoms with Crippen LogP contribution in [0.15, 0.2) is 39.6 Å². The molecular weight excluding hydrogens is 310 g/mol. The zero-order chi connectivity index (χ0) is 17.4. The summed E-state index contributed by atoms with van der Waals surface area (Å²) in [6.07, 6.45) is 4.37. The molecule has 1 atom stereocenters. The van der Waals surface area contributed by atoms with Gasteiger partial charge < -0.3 is 24.8 Å². The smallest absolute Gasteiger partial charge is 0.315 e. The van der Waals surface area contributed by atoms with E-state index in [1.807, 2.05) is 26.0 Å². The number of hydrogen-bond donors (Lipinski definition) is 3. The monoisotopic (exact) mass is 333 g/mol. The predicted molar refractivity (Wildman–Crippen MR) is 88.8 cm³/mol. The Hall–Kier alpha value is -2.70. The van der Waals surface area contributed by atoms with Crippen molar-refractivity contribution < 1.29 is 18.4 Å². The predicted octanol–water partition coefficient (Wildman–Crippen LogP) is 2.23. The third-order valence-corrected chi connectivity index (χ3v) is 3.46. The second kappa shape index (κ2) is 8.81. The topological polar surface area (TPSA) is 96.5 Å². The largest absolute Gasteiger partial charge is 0.469 e. The summed E-state index contributed by atoms with van der Waals surface area (Å²) >= 11 is 0. The number of urea groups is 1. The fourth-order valence-corrected chi connectivity index (χ4v) is 2.23. The van der Waals surface area contributed by atoms with Gasteiger partial charge in [0.05, 0.1) is 12.5 Å². The lowest BCUT2D eigenvalue weighted by molar-refractivity contribution is 0.0925. The van der Waals surface area contributed by atoms with Crippen molar-refractivity contribution in [1.29, 1.82) is 0 Å². The zero-order valence-corrected chi connectivity index (χ0v) is 13.9. The van der Waals surface area contributed by atoms with E-state index in [4.69, 9.17) is 8.83 Å². The molecule has 2 aromatic heterocycles. The molecule has 3 amide bonds. The minimum Gasteiger partial charge on any atom is -0.469 e. The van der Waals surface area contributed by atoms with E-state index >= 15 is 0 Å². The highest BCUT2D eigenvalue weighted by atomic mass is 16.3. The molecule has 2 heterocycles. The molecule has 0 aromatic carbocycles. The molecular formula is C17H23N3O4. The maximum atomic E-state index is 11.8. The number of carbonyl (C=O) groups excluding carboxylic acids is 2. The van der Waals surface area contributed by atoms with Crippen molar-refractivity contribution in [3.8, 4) is 0 Å². The lowest BCUT2D eigenvalue weighted by atomic mass is 10.2. The van der Waals surface area contributed by atoms with Gasteiger partial charge in [-0.15, -0.1) is 0 Å². The van der Waals surface area contributed by atoms with Crippen LogP contribution in [0, 0.1) is 6.92 Å². The van der Waals surface area contributed by atoms with Gasteiger partial charge in [0.15, 0.2) is 5.76 Å². The Morgan fingerprint density at radius 1 is 1.12 bits per heavy atom. The lowest BCUT2D eigenvalue weighted by Gasteiger charge is -2.13. The molecule has 2 aromatic rings. The molecule has 0 saturated carbocycles. The minimum absolute atomic E-state index is 0.0298. The minimum atomic E-state index is -0.242. The second-order valence-corrected chi connectivity index (χ2v) is 5.63. The molecule has 0 radical (unpaired) electrons. The van der Waals surface area contributed by atoms with Gasteiger partial charge in [0.1, 0.15) is 5.76 Å². The number of rotatable bonds is 8. The van der Waals surface area contributed by atoms with E-state index in [1.165, 1.54) is 6.26 Å². The molecule has 7 nitrogen and oxygen atoms in total. The summed E-state index contributed by atoms with van der Waals surface area (Å²) in [6, 6.07) is 5.17. The summed E-state index contributed by atoms with van der Waals surface area (Å²) in [6.45, 7) is 4.65. The van der Waals surface area contributed by atoms with E-state index in [-0.39, 0.29) is 18.0 Å². The Labute approximate surface area is 140 Å².